The maximum Gasteiger partial charge on any atom is 0.256 e. The number of piperazine rings is 1. The molecule has 1 saturated heterocycles. The molecule has 1 aliphatic heterocycles. The number of hydrogen-bond donors (Lipinski definition) is 4. The number of amides is 2. The largest absolute Gasteiger partial charge is 0.337 e. The number of rotatable bonds is 6. The molecular weight excluding hydrogens is 456 g/mol. The van der Waals surface area contributed by atoms with Gasteiger partial charge in [-0.05, 0) is 69.5 Å². The van der Waals surface area contributed by atoms with Gasteiger partial charge in [-0.2, -0.15) is 0 Å². The first-order valence-corrected chi connectivity index (χ1v) is 12.4. The minimum Gasteiger partial charge on any atom is -0.337 e. The normalized spacial score (nSPS) is 20.4. The molecule has 3 heterocycles. The van der Waals surface area contributed by atoms with Gasteiger partial charge in [-0.15, -0.1) is 0 Å². The molecule has 4 N–H and O–H groups in total. The van der Waals surface area contributed by atoms with Gasteiger partial charge in [0.2, 0.25) is 11.9 Å². The molecule has 2 atom stereocenters. The molecule has 10 heteroatoms. The number of imidazole rings is 1. The lowest BCUT2D eigenvalue weighted by Crippen LogP contribution is -2.58. The summed E-state index contributed by atoms with van der Waals surface area (Å²) in [6.07, 6.45) is 3.86. The summed E-state index contributed by atoms with van der Waals surface area (Å²) < 4.78 is 0. The lowest BCUT2D eigenvalue weighted by molar-refractivity contribution is -0.138. The number of nitrogens with one attached hydrogen (secondary N) is 4. The molecule has 188 valence electrons. The fraction of sp³-hybridized carbons (Fsp3) is 0.423. The molecule has 10 nitrogen and oxygen atoms in total. The first-order valence-electron chi connectivity index (χ1n) is 12.4. The predicted octanol–water partition coefficient (Wildman–Crippen LogP) is 3.26. The zero-order chi connectivity index (χ0) is 25.4. The second kappa shape index (κ2) is 9.69. The Kier molecular flexibility index (Phi) is 6.44. The van der Waals surface area contributed by atoms with Gasteiger partial charge in [-0.3, -0.25) is 19.9 Å². The van der Waals surface area contributed by atoms with Crippen molar-refractivity contribution in [2.45, 2.75) is 52.2 Å². The van der Waals surface area contributed by atoms with Crippen molar-refractivity contribution in [1.29, 1.82) is 5.41 Å². The SMILES string of the molecule is CC(=N)NC(=O)c1ccc2nc(Nc3cc(CN4C[C@@H](C)N(C(=O)C5CC5)C[C@@H]4C)ccn3)[nH]c2c1. The van der Waals surface area contributed by atoms with E-state index in [0.717, 1.165) is 43.6 Å². The third-order valence-electron chi connectivity index (χ3n) is 6.83. The first kappa shape index (κ1) is 23.9. The summed E-state index contributed by atoms with van der Waals surface area (Å²) >= 11 is 0. The van der Waals surface area contributed by atoms with Gasteiger partial charge in [0.15, 0.2) is 0 Å². The highest BCUT2D eigenvalue weighted by Gasteiger charge is 2.39. The fourth-order valence-corrected chi connectivity index (χ4v) is 4.74. The molecular formula is C26H32N8O2. The first-order chi connectivity index (χ1) is 17.3. The van der Waals surface area contributed by atoms with E-state index in [2.05, 4.69) is 49.2 Å². The molecule has 2 aromatic heterocycles. The van der Waals surface area contributed by atoms with Gasteiger partial charge in [0.1, 0.15) is 5.82 Å². The molecule has 0 radical (unpaired) electrons. The number of benzene rings is 1. The lowest BCUT2D eigenvalue weighted by Gasteiger charge is -2.44. The number of amidine groups is 1. The molecule has 2 aliphatic rings. The Bertz CT molecular complexity index is 1310. The van der Waals surface area contributed by atoms with E-state index < -0.39 is 0 Å². The summed E-state index contributed by atoms with van der Waals surface area (Å²) in [5.74, 6) is 1.55. The lowest BCUT2D eigenvalue weighted by atomic mass is 10.1. The summed E-state index contributed by atoms with van der Waals surface area (Å²) in [5.41, 5.74) is 3.01. The summed E-state index contributed by atoms with van der Waals surface area (Å²) in [4.78, 5) is 41.5. The number of hydrogen-bond acceptors (Lipinski definition) is 7. The second-order valence-electron chi connectivity index (χ2n) is 9.96. The summed E-state index contributed by atoms with van der Waals surface area (Å²) in [7, 11) is 0. The van der Waals surface area contributed by atoms with Crippen molar-refractivity contribution in [3.05, 3.63) is 47.7 Å². The highest BCUT2D eigenvalue weighted by molar-refractivity contribution is 6.06. The van der Waals surface area contributed by atoms with Gasteiger partial charge in [0, 0.05) is 49.4 Å². The van der Waals surface area contributed by atoms with Crippen molar-refractivity contribution < 1.29 is 9.59 Å². The van der Waals surface area contributed by atoms with E-state index in [0.29, 0.717) is 28.8 Å². The molecule has 2 fully saturated rings. The summed E-state index contributed by atoms with van der Waals surface area (Å²) in [6, 6.07) is 9.68. The van der Waals surface area contributed by atoms with Crippen LogP contribution in [0.4, 0.5) is 11.8 Å². The van der Waals surface area contributed by atoms with Crippen molar-refractivity contribution >= 4 is 40.4 Å². The van der Waals surface area contributed by atoms with E-state index in [9.17, 15) is 9.59 Å². The average molecular weight is 489 g/mol. The van der Waals surface area contributed by atoms with E-state index in [1.807, 2.05) is 12.1 Å². The Morgan fingerprint density at radius 3 is 2.69 bits per heavy atom. The van der Waals surface area contributed by atoms with Gasteiger partial charge in [0.25, 0.3) is 5.91 Å². The topological polar surface area (TPSA) is 130 Å². The standard InChI is InChI=1S/C26H32N8O2/c1-15-13-34(25(36)19-4-5-19)16(2)12-33(15)14-18-8-9-28-23(10-18)32-26-30-21-7-6-20(11-22(21)31-26)24(35)29-17(3)27/h6-11,15-16,19H,4-5,12-14H2,1-3H3,(H2,27,29,35)(H2,28,30,31,32)/t15-,16+/m0/s1. The molecule has 0 unspecified atom stereocenters. The number of aromatic amines is 1. The number of fused-ring (bicyclic) bond motifs is 1. The van der Waals surface area contributed by atoms with Crippen LogP contribution in [0.15, 0.2) is 36.5 Å². The quantitative estimate of drug-likeness (QED) is 0.311. The van der Waals surface area contributed by atoms with Gasteiger partial charge >= 0.3 is 0 Å². The molecule has 3 aromatic rings. The van der Waals surface area contributed by atoms with Crippen LogP contribution in [0.5, 0.6) is 0 Å². The number of pyridine rings is 1. The van der Waals surface area contributed by atoms with Crippen molar-refractivity contribution in [2.24, 2.45) is 5.92 Å². The van der Waals surface area contributed by atoms with Crippen molar-refractivity contribution in [2.75, 3.05) is 18.4 Å². The highest BCUT2D eigenvalue weighted by Crippen LogP contribution is 2.33. The monoisotopic (exact) mass is 488 g/mol. The number of anilines is 2. The third kappa shape index (κ3) is 5.23. The Morgan fingerprint density at radius 1 is 1.14 bits per heavy atom. The van der Waals surface area contributed by atoms with E-state index in [1.165, 1.54) is 6.92 Å². The third-order valence-corrected chi connectivity index (χ3v) is 6.83. The van der Waals surface area contributed by atoms with Crippen LogP contribution in [-0.4, -0.2) is 67.6 Å². The maximum absolute atomic E-state index is 12.6. The van der Waals surface area contributed by atoms with E-state index in [-0.39, 0.29) is 29.7 Å². The Morgan fingerprint density at radius 2 is 1.94 bits per heavy atom. The molecule has 0 bridgehead atoms. The predicted molar refractivity (Wildman–Crippen MR) is 138 cm³/mol. The van der Waals surface area contributed by atoms with E-state index in [1.54, 1.807) is 24.4 Å². The van der Waals surface area contributed by atoms with E-state index in [4.69, 9.17) is 5.41 Å². The van der Waals surface area contributed by atoms with Gasteiger partial charge in [-0.25, -0.2) is 9.97 Å². The molecule has 1 aromatic carbocycles. The zero-order valence-electron chi connectivity index (χ0n) is 20.8. The smallest absolute Gasteiger partial charge is 0.256 e. The highest BCUT2D eigenvalue weighted by atomic mass is 16.2. The molecule has 2 amide bonds. The summed E-state index contributed by atoms with van der Waals surface area (Å²) in [6.45, 7) is 8.24. The zero-order valence-corrected chi connectivity index (χ0v) is 20.8. The molecule has 1 saturated carbocycles. The minimum absolute atomic E-state index is 0.0931. The van der Waals surface area contributed by atoms with Crippen LogP contribution in [-0.2, 0) is 11.3 Å². The van der Waals surface area contributed by atoms with Crippen LogP contribution in [0, 0.1) is 11.3 Å². The van der Waals surface area contributed by atoms with Crippen molar-refractivity contribution in [1.82, 2.24) is 30.1 Å². The van der Waals surface area contributed by atoms with Crippen LogP contribution >= 0.6 is 0 Å². The number of H-pyrrole nitrogens is 1. The Balaban J connectivity index is 1.25. The van der Waals surface area contributed by atoms with Crippen molar-refractivity contribution in [3.63, 3.8) is 0 Å². The van der Waals surface area contributed by atoms with Crippen LogP contribution in [0.25, 0.3) is 11.0 Å². The maximum atomic E-state index is 12.6. The van der Waals surface area contributed by atoms with E-state index >= 15 is 0 Å². The Labute approximate surface area is 210 Å². The van der Waals surface area contributed by atoms with Gasteiger partial charge in [-0.1, -0.05) is 0 Å². The van der Waals surface area contributed by atoms with Crippen LogP contribution in [0.3, 0.4) is 0 Å². The summed E-state index contributed by atoms with van der Waals surface area (Å²) in [5, 5.41) is 13.2. The molecule has 1 aliphatic carbocycles. The Hall–Kier alpha value is -3.79. The van der Waals surface area contributed by atoms with Gasteiger partial charge in [0.05, 0.1) is 16.9 Å². The average Bonchev–Trinajstić information content (AvgIpc) is 3.60. The van der Waals surface area contributed by atoms with Gasteiger partial charge < -0.3 is 20.5 Å². The number of aromatic nitrogens is 3. The number of carbonyl (C=O) groups is 2. The minimum atomic E-state index is -0.329. The van der Waals surface area contributed by atoms with Crippen LogP contribution < -0.4 is 10.6 Å². The molecule has 36 heavy (non-hydrogen) atoms. The number of nitrogens with zero attached hydrogens (tertiary/aromatic N) is 4. The van der Waals surface area contributed by atoms with Crippen LogP contribution in [0.2, 0.25) is 0 Å². The molecule has 5 rings (SSSR count). The van der Waals surface area contributed by atoms with Crippen molar-refractivity contribution in [3.8, 4) is 0 Å². The fourth-order valence-electron chi connectivity index (χ4n) is 4.74. The molecule has 0 spiro atoms. The van der Waals surface area contributed by atoms with Crippen LogP contribution in [0.1, 0.15) is 49.5 Å². The second-order valence-corrected chi connectivity index (χ2v) is 9.96. The number of carbonyl (C=O) groups excluding carboxylic acids is 2.